The van der Waals surface area contributed by atoms with Gasteiger partial charge in [-0.3, -0.25) is 9.59 Å². The third-order valence-electron chi connectivity index (χ3n) is 5.19. The standard InChI is InChI=1S/C23H17Br2NO3/c24-18-11-10-15(12-19(18)25)21-20(23(28)29)16-8-4-5-9-17(16)22(27)26(21)13-14-6-2-1-3-7-14/h1-12,20-21H,13H2,(H,28,29)/t20-,21-/m1/s1. The fraction of sp³-hybridized carbons (Fsp3) is 0.130. The Balaban J connectivity index is 1.90. The summed E-state index contributed by atoms with van der Waals surface area (Å²) in [5.41, 5.74) is 2.72. The molecule has 0 saturated heterocycles. The van der Waals surface area contributed by atoms with Gasteiger partial charge >= 0.3 is 5.97 Å². The van der Waals surface area contributed by atoms with Gasteiger partial charge < -0.3 is 10.0 Å². The van der Waals surface area contributed by atoms with Gasteiger partial charge in [0.1, 0.15) is 5.92 Å². The van der Waals surface area contributed by atoms with E-state index in [0.29, 0.717) is 17.7 Å². The second-order valence-electron chi connectivity index (χ2n) is 6.94. The Hall–Kier alpha value is -2.44. The second-order valence-corrected chi connectivity index (χ2v) is 8.65. The summed E-state index contributed by atoms with van der Waals surface area (Å²) in [5, 5.41) is 10.2. The molecule has 6 heteroatoms. The van der Waals surface area contributed by atoms with Crippen LogP contribution in [0, 0.1) is 0 Å². The number of aliphatic carboxylic acids is 1. The SMILES string of the molecule is O=C(O)[C@@H]1c2ccccc2C(=O)N(Cc2ccccc2)[C@@H]1c1ccc(Br)c(Br)c1. The van der Waals surface area contributed by atoms with Crippen LogP contribution < -0.4 is 0 Å². The quantitative estimate of drug-likeness (QED) is 0.480. The fourth-order valence-electron chi connectivity index (χ4n) is 3.88. The number of nitrogens with zero attached hydrogens (tertiary/aromatic N) is 1. The minimum Gasteiger partial charge on any atom is -0.481 e. The zero-order valence-electron chi connectivity index (χ0n) is 15.3. The van der Waals surface area contributed by atoms with Crippen molar-refractivity contribution >= 4 is 43.7 Å². The number of carbonyl (C=O) groups is 2. The molecule has 0 aromatic heterocycles. The lowest BCUT2D eigenvalue weighted by molar-refractivity contribution is -0.140. The van der Waals surface area contributed by atoms with Crippen molar-refractivity contribution in [3.05, 3.63) is 104 Å². The molecule has 3 aromatic carbocycles. The van der Waals surface area contributed by atoms with Crippen molar-refractivity contribution < 1.29 is 14.7 Å². The highest BCUT2D eigenvalue weighted by Crippen LogP contribution is 2.44. The minimum absolute atomic E-state index is 0.161. The molecule has 1 N–H and O–H groups in total. The fourth-order valence-corrected chi connectivity index (χ4v) is 4.52. The predicted octanol–water partition coefficient (Wildman–Crippen LogP) is 5.78. The van der Waals surface area contributed by atoms with E-state index in [1.54, 1.807) is 29.2 Å². The van der Waals surface area contributed by atoms with Gasteiger partial charge in [-0.05, 0) is 66.7 Å². The van der Waals surface area contributed by atoms with Crippen LogP contribution in [0.25, 0.3) is 0 Å². The summed E-state index contributed by atoms with van der Waals surface area (Å²) in [6.45, 7) is 0.330. The molecule has 0 unspecified atom stereocenters. The summed E-state index contributed by atoms with van der Waals surface area (Å²) in [5.74, 6) is -1.97. The van der Waals surface area contributed by atoms with Crippen molar-refractivity contribution in [2.45, 2.75) is 18.5 Å². The van der Waals surface area contributed by atoms with Crippen LogP contribution >= 0.6 is 31.9 Å². The van der Waals surface area contributed by atoms with E-state index in [0.717, 1.165) is 20.1 Å². The average Bonchev–Trinajstić information content (AvgIpc) is 2.72. The van der Waals surface area contributed by atoms with Gasteiger partial charge in [0.05, 0.1) is 6.04 Å². The molecule has 3 aromatic rings. The smallest absolute Gasteiger partial charge is 0.313 e. The molecule has 2 atom stereocenters. The molecule has 1 amide bonds. The van der Waals surface area contributed by atoms with Gasteiger partial charge in [-0.1, -0.05) is 54.6 Å². The predicted molar refractivity (Wildman–Crippen MR) is 118 cm³/mol. The number of rotatable bonds is 4. The van der Waals surface area contributed by atoms with E-state index in [1.165, 1.54) is 0 Å². The van der Waals surface area contributed by atoms with Crippen LogP contribution in [0.1, 0.15) is 39.0 Å². The molecule has 1 heterocycles. The Morgan fingerprint density at radius 3 is 2.31 bits per heavy atom. The van der Waals surface area contributed by atoms with E-state index in [2.05, 4.69) is 31.9 Å². The number of hydrogen-bond acceptors (Lipinski definition) is 2. The van der Waals surface area contributed by atoms with Gasteiger partial charge in [-0.2, -0.15) is 0 Å². The van der Waals surface area contributed by atoms with E-state index < -0.39 is 17.9 Å². The molecular formula is C23H17Br2NO3. The van der Waals surface area contributed by atoms with E-state index in [9.17, 15) is 14.7 Å². The summed E-state index contributed by atoms with van der Waals surface area (Å²) in [4.78, 5) is 27.5. The van der Waals surface area contributed by atoms with E-state index in [4.69, 9.17) is 0 Å². The Morgan fingerprint density at radius 1 is 0.931 bits per heavy atom. The summed E-state index contributed by atoms with van der Waals surface area (Å²) in [6, 6.07) is 21.6. The molecule has 0 saturated carbocycles. The Labute approximate surface area is 185 Å². The van der Waals surface area contributed by atoms with Crippen LogP contribution in [0.15, 0.2) is 81.7 Å². The van der Waals surface area contributed by atoms with E-state index >= 15 is 0 Å². The maximum atomic E-state index is 13.4. The van der Waals surface area contributed by atoms with Crippen LogP contribution in [0.3, 0.4) is 0 Å². The molecule has 146 valence electrons. The molecule has 0 aliphatic carbocycles. The largest absolute Gasteiger partial charge is 0.481 e. The Kier molecular flexibility index (Phi) is 5.56. The first-order valence-corrected chi connectivity index (χ1v) is 10.7. The zero-order valence-corrected chi connectivity index (χ0v) is 18.4. The van der Waals surface area contributed by atoms with Crippen LogP contribution in [0.4, 0.5) is 0 Å². The van der Waals surface area contributed by atoms with Crippen LogP contribution in [-0.4, -0.2) is 21.9 Å². The van der Waals surface area contributed by atoms with Gasteiger partial charge in [-0.25, -0.2) is 0 Å². The van der Waals surface area contributed by atoms with Crippen LogP contribution in [0.5, 0.6) is 0 Å². The van der Waals surface area contributed by atoms with Crippen LogP contribution in [0.2, 0.25) is 0 Å². The Bertz CT molecular complexity index is 1080. The van der Waals surface area contributed by atoms with Gasteiger partial charge in [0.15, 0.2) is 0 Å². The summed E-state index contributed by atoms with van der Waals surface area (Å²) >= 11 is 6.97. The third-order valence-corrected chi connectivity index (χ3v) is 7.07. The van der Waals surface area contributed by atoms with Crippen molar-refractivity contribution in [3.63, 3.8) is 0 Å². The molecule has 0 bridgehead atoms. The zero-order chi connectivity index (χ0) is 20.5. The average molecular weight is 515 g/mol. The number of hydrogen-bond donors (Lipinski definition) is 1. The summed E-state index contributed by atoms with van der Waals surface area (Å²) in [7, 11) is 0. The van der Waals surface area contributed by atoms with Gasteiger partial charge in [-0.15, -0.1) is 0 Å². The molecule has 4 nitrogen and oxygen atoms in total. The first-order valence-electron chi connectivity index (χ1n) is 9.09. The summed E-state index contributed by atoms with van der Waals surface area (Å²) < 4.78 is 1.68. The van der Waals surface area contributed by atoms with Crippen molar-refractivity contribution in [3.8, 4) is 0 Å². The number of carbonyl (C=O) groups excluding carboxylic acids is 1. The van der Waals surface area contributed by atoms with Crippen molar-refractivity contribution in [1.29, 1.82) is 0 Å². The van der Waals surface area contributed by atoms with Crippen molar-refractivity contribution in [1.82, 2.24) is 4.90 Å². The molecule has 4 rings (SSSR count). The lowest BCUT2D eigenvalue weighted by atomic mass is 9.79. The first kappa shape index (κ1) is 19.9. The highest BCUT2D eigenvalue weighted by molar-refractivity contribution is 9.13. The van der Waals surface area contributed by atoms with E-state index in [1.807, 2.05) is 48.5 Å². The number of halogens is 2. The molecule has 1 aliphatic rings. The molecular weight excluding hydrogens is 498 g/mol. The highest BCUT2D eigenvalue weighted by Gasteiger charge is 2.44. The highest BCUT2D eigenvalue weighted by atomic mass is 79.9. The number of amides is 1. The second kappa shape index (κ2) is 8.13. The molecule has 0 fully saturated rings. The Morgan fingerprint density at radius 2 is 1.62 bits per heavy atom. The number of carboxylic acid groups (broad SMARTS) is 1. The normalized spacial score (nSPS) is 18.4. The molecule has 1 aliphatic heterocycles. The van der Waals surface area contributed by atoms with Crippen molar-refractivity contribution in [2.75, 3.05) is 0 Å². The topological polar surface area (TPSA) is 57.6 Å². The number of benzene rings is 3. The number of carboxylic acids is 1. The lowest BCUT2D eigenvalue weighted by Gasteiger charge is -2.41. The van der Waals surface area contributed by atoms with Gasteiger partial charge in [0, 0.05) is 21.1 Å². The molecule has 0 spiro atoms. The third kappa shape index (κ3) is 3.74. The first-order chi connectivity index (χ1) is 14.0. The maximum absolute atomic E-state index is 13.4. The number of fused-ring (bicyclic) bond motifs is 1. The van der Waals surface area contributed by atoms with Gasteiger partial charge in [0.2, 0.25) is 0 Å². The maximum Gasteiger partial charge on any atom is 0.313 e. The monoisotopic (exact) mass is 513 g/mol. The summed E-state index contributed by atoms with van der Waals surface area (Å²) in [6.07, 6.45) is 0. The molecule has 0 radical (unpaired) electrons. The van der Waals surface area contributed by atoms with Gasteiger partial charge in [0.25, 0.3) is 5.91 Å². The molecule has 29 heavy (non-hydrogen) atoms. The van der Waals surface area contributed by atoms with Crippen LogP contribution in [-0.2, 0) is 11.3 Å². The minimum atomic E-state index is -0.952. The lowest BCUT2D eigenvalue weighted by Crippen LogP contribution is -2.44. The van der Waals surface area contributed by atoms with E-state index in [-0.39, 0.29) is 5.91 Å². The van der Waals surface area contributed by atoms with Crippen molar-refractivity contribution in [2.24, 2.45) is 0 Å².